The molecule has 1 aliphatic heterocycles. The third-order valence-corrected chi connectivity index (χ3v) is 6.97. The molecule has 2 rings (SSSR count). The molecule has 0 saturated heterocycles. The molecule has 17 heteroatoms. The molecule has 0 bridgehead atoms. The van der Waals surface area contributed by atoms with Gasteiger partial charge in [-0.3, -0.25) is 20.0 Å². The number of carbonyl (C=O) groups excluding carboxylic acids is 3. The van der Waals surface area contributed by atoms with Gasteiger partial charge in [-0.2, -0.15) is 5.11 Å². The van der Waals surface area contributed by atoms with E-state index in [0.29, 0.717) is 29.7 Å². The van der Waals surface area contributed by atoms with Crippen LogP contribution in [0.5, 0.6) is 0 Å². The Hall–Kier alpha value is -4.25. The summed E-state index contributed by atoms with van der Waals surface area (Å²) in [5.74, 6) is -1.65. The van der Waals surface area contributed by atoms with Crippen molar-refractivity contribution in [3.63, 3.8) is 0 Å². The second kappa shape index (κ2) is 15.4. The zero-order valence-corrected chi connectivity index (χ0v) is 22.9. The van der Waals surface area contributed by atoms with Crippen LogP contribution in [0.3, 0.4) is 0 Å². The number of aliphatic imine (C=N–C) groups is 2. The maximum absolute atomic E-state index is 13.3. The Kier molecular flexibility index (Phi) is 12.3. The minimum absolute atomic E-state index is 0.0110. The number of nitrogens with one attached hydrogen (secondary N) is 3. The van der Waals surface area contributed by atoms with Crippen LogP contribution in [0.1, 0.15) is 36.8 Å². The predicted molar refractivity (Wildman–Crippen MR) is 149 cm³/mol. The number of rotatable bonds is 17. The maximum atomic E-state index is 13.3. The number of nitrogens with zero attached hydrogens (tertiary/aromatic N) is 5. The third kappa shape index (κ3) is 11.2. The molecule has 16 nitrogen and oxygen atoms in total. The van der Waals surface area contributed by atoms with E-state index in [4.69, 9.17) is 22.6 Å². The normalized spacial score (nSPS) is 14.1. The molecule has 1 aromatic carbocycles. The summed E-state index contributed by atoms with van der Waals surface area (Å²) in [7, 11) is -2.70. The molecule has 0 fully saturated rings. The van der Waals surface area contributed by atoms with Crippen LogP contribution in [0.2, 0.25) is 0 Å². The van der Waals surface area contributed by atoms with Crippen molar-refractivity contribution in [3.8, 4) is 0 Å². The van der Waals surface area contributed by atoms with Crippen molar-refractivity contribution in [2.24, 2.45) is 37.4 Å². The Morgan fingerprint density at radius 2 is 2.00 bits per heavy atom. The van der Waals surface area contributed by atoms with E-state index in [1.165, 1.54) is 13.1 Å². The first kappa shape index (κ1) is 32.0. The molecule has 9 N–H and O–H groups in total. The number of carbonyl (C=O) groups is 3. The molecular weight excluding hydrogens is 542 g/mol. The van der Waals surface area contributed by atoms with E-state index in [0.717, 1.165) is 4.90 Å². The van der Waals surface area contributed by atoms with E-state index < -0.39 is 46.2 Å². The first-order valence-electron chi connectivity index (χ1n) is 12.3. The van der Waals surface area contributed by atoms with Gasteiger partial charge in [0.2, 0.25) is 21.8 Å². The average Bonchev–Trinajstić information content (AvgIpc) is 3.41. The second-order valence-corrected chi connectivity index (χ2v) is 10.7. The highest BCUT2D eigenvalue weighted by atomic mass is 32.2. The smallest absolute Gasteiger partial charge is 0.240 e. The van der Waals surface area contributed by atoms with Gasteiger partial charge in [-0.15, -0.1) is 5.11 Å². The van der Waals surface area contributed by atoms with Crippen molar-refractivity contribution in [2.45, 2.75) is 43.5 Å². The number of nitrogen functional groups attached to an aromatic ring is 1. The largest absolute Gasteiger partial charge is 0.384 e. The SMILES string of the molecule is CN(CC(=O)N[C@H](C=O)CCCN=C(N)N)C(=O)[C@H](CCC1=NCN=N1)NS(=O)(=O)Cc1cccc(C(=N)N)c1. The van der Waals surface area contributed by atoms with Crippen LogP contribution >= 0.6 is 0 Å². The Morgan fingerprint density at radius 3 is 2.62 bits per heavy atom. The minimum atomic E-state index is -4.05. The van der Waals surface area contributed by atoms with Crippen LogP contribution in [-0.4, -0.2) is 87.9 Å². The molecular formula is C23H35N11O5S. The van der Waals surface area contributed by atoms with Crippen LogP contribution in [0, 0.1) is 5.41 Å². The molecule has 40 heavy (non-hydrogen) atoms. The fraction of sp³-hybridized carbons (Fsp3) is 0.478. The summed E-state index contributed by atoms with van der Waals surface area (Å²) in [5.41, 5.74) is 16.7. The third-order valence-electron chi connectivity index (χ3n) is 5.61. The van der Waals surface area contributed by atoms with Crippen molar-refractivity contribution in [1.29, 1.82) is 5.41 Å². The van der Waals surface area contributed by atoms with Crippen molar-refractivity contribution in [3.05, 3.63) is 35.4 Å². The number of guanidine groups is 1. The van der Waals surface area contributed by atoms with Gasteiger partial charge >= 0.3 is 0 Å². The van der Waals surface area contributed by atoms with Gasteiger partial charge in [-0.25, -0.2) is 18.1 Å². The number of benzene rings is 1. The van der Waals surface area contributed by atoms with Crippen molar-refractivity contribution >= 4 is 45.8 Å². The number of amidine groups is 2. The van der Waals surface area contributed by atoms with Gasteiger partial charge in [0.15, 0.2) is 12.6 Å². The van der Waals surface area contributed by atoms with Crippen LogP contribution in [-0.2, 0) is 30.2 Å². The number of amides is 2. The Balaban J connectivity index is 2.07. The fourth-order valence-corrected chi connectivity index (χ4v) is 5.06. The highest BCUT2D eigenvalue weighted by molar-refractivity contribution is 7.88. The van der Waals surface area contributed by atoms with Crippen LogP contribution in [0.15, 0.2) is 44.5 Å². The molecule has 0 radical (unpaired) electrons. The van der Waals surface area contributed by atoms with Crippen molar-refractivity contribution in [1.82, 2.24) is 14.9 Å². The van der Waals surface area contributed by atoms with Gasteiger partial charge in [0.1, 0.15) is 24.0 Å². The highest BCUT2D eigenvalue weighted by Gasteiger charge is 2.29. The highest BCUT2D eigenvalue weighted by Crippen LogP contribution is 2.13. The zero-order valence-electron chi connectivity index (χ0n) is 22.1. The first-order chi connectivity index (χ1) is 18.9. The van der Waals surface area contributed by atoms with Crippen LogP contribution in [0.25, 0.3) is 0 Å². The van der Waals surface area contributed by atoms with Crippen LogP contribution in [0.4, 0.5) is 0 Å². The number of likely N-dealkylation sites (N-methyl/N-ethyl adjacent to an activating group) is 1. The lowest BCUT2D eigenvalue weighted by molar-refractivity contribution is -0.136. The van der Waals surface area contributed by atoms with Gasteiger partial charge in [0, 0.05) is 25.6 Å². The van der Waals surface area contributed by atoms with E-state index in [-0.39, 0.29) is 44.3 Å². The van der Waals surface area contributed by atoms with Gasteiger partial charge in [-0.1, -0.05) is 18.2 Å². The molecule has 2 amide bonds. The molecule has 0 saturated carbocycles. The molecule has 1 heterocycles. The number of hydrogen-bond donors (Lipinski definition) is 6. The van der Waals surface area contributed by atoms with Crippen LogP contribution < -0.4 is 27.2 Å². The monoisotopic (exact) mass is 577 g/mol. The van der Waals surface area contributed by atoms with E-state index in [1.54, 1.807) is 18.2 Å². The average molecular weight is 578 g/mol. The fourth-order valence-electron chi connectivity index (χ4n) is 3.71. The molecule has 0 unspecified atom stereocenters. The van der Waals surface area contributed by atoms with E-state index >= 15 is 0 Å². The summed E-state index contributed by atoms with van der Waals surface area (Å²) in [6.45, 7) is 0.0271. The summed E-state index contributed by atoms with van der Waals surface area (Å²) >= 11 is 0. The number of azo groups is 1. The van der Waals surface area contributed by atoms with Gasteiger partial charge in [0.25, 0.3) is 0 Å². The van der Waals surface area contributed by atoms with E-state index in [9.17, 15) is 22.8 Å². The topological polar surface area (TPSA) is 264 Å². The molecule has 2 atom stereocenters. The quantitative estimate of drug-likeness (QED) is 0.0551. The number of nitrogens with two attached hydrogens (primary N) is 3. The predicted octanol–water partition coefficient (Wildman–Crippen LogP) is -1.44. The first-order valence-corrected chi connectivity index (χ1v) is 13.9. The summed E-state index contributed by atoms with van der Waals surface area (Å²) in [4.78, 5) is 46.1. The van der Waals surface area contributed by atoms with Gasteiger partial charge in [0.05, 0.1) is 18.3 Å². The lowest BCUT2D eigenvalue weighted by Gasteiger charge is -2.24. The molecule has 0 aliphatic carbocycles. The van der Waals surface area contributed by atoms with E-state index in [1.807, 2.05) is 0 Å². The molecule has 0 aromatic heterocycles. The summed E-state index contributed by atoms with van der Waals surface area (Å²) in [6, 6.07) is 4.15. The van der Waals surface area contributed by atoms with Gasteiger partial charge < -0.3 is 32.2 Å². The minimum Gasteiger partial charge on any atom is -0.384 e. The Morgan fingerprint density at radius 1 is 1.25 bits per heavy atom. The van der Waals surface area contributed by atoms with Gasteiger partial charge in [-0.05, 0) is 30.9 Å². The summed E-state index contributed by atoms with van der Waals surface area (Å²) in [6.07, 6.45) is 1.48. The maximum Gasteiger partial charge on any atom is 0.240 e. The van der Waals surface area contributed by atoms with Crippen molar-refractivity contribution in [2.75, 3.05) is 26.8 Å². The molecule has 218 valence electrons. The molecule has 1 aromatic rings. The Labute approximate surface area is 232 Å². The second-order valence-electron chi connectivity index (χ2n) is 8.99. The van der Waals surface area contributed by atoms with E-state index in [2.05, 4.69) is 30.3 Å². The molecule has 1 aliphatic rings. The zero-order chi connectivity index (χ0) is 29.7. The summed E-state index contributed by atoms with van der Waals surface area (Å²) in [5, 5.41) is 17.7. The standard InChI is InChI=1S/C23H35N11O5S/c1-34(11-20(36)31-17(12-35)6-3-9-28-23(26)27)22(37)18(7-8-19-29-14-30-32-19)33-40(38,39)13-15-4-2-5-16(10-15)21(24)25/h2,4-5,10,12,17-18,33H,3,6-9,11,13-14H2,1H3,(H3,24,25)(H,31,36)(H4,26,27,28)/t17-,18-/m0/s1. The number of aldehydes is 1. The Bertz CT molecular complexity index is 1280. The van der Waals surface area contributed by atoms with Crippen molar-refractivity contribution < 1.29 is 22.8 Å². The molecule has 0 spiro atoms. The number of sulfonamides is 1. The summed E-state index contributed by atoms with van der Waals surface area (Å²) < 4.78 is 28.4. The lowest BCUT2D eigenvalue weighted by atomic mass is 10.1. The number of hydrogen-bond acceptors (Lipinski definition) is 10. The lowest BCUT2D eigenvalue weighted by Crippen LogP contribution is -2.50.